The highest BCUT2D eigenvalue weighted by Crippen LogP contribution is 2.61. The third-order valence-corrected chi connectivity index (χ3v) is 8.93. The number of rotatable bonds is 9. The summed E-state index contributed by atoms with van der Waals surface area (Å²) in [5.41, 5.74) is -1.52. The van der Waals surface area contributed by atoms with E-state index in [1.165, 1.54) is 25.2 Å². The van der Waals surface area contributed by atoms with E-state index in [4.69, 9.17) is 19.5 Å². The molecule has 0 unspecified atom stereocenters. The number of thioether (sulfide) groups is 1. The van der Waals surface area contributed by atoms with Gasteiger partial charge in [-0.3, -0.25) is 4.57 Å². The molecule has 3 aromatic carbocycles. The first-order chi connectivity index (χ1) is 20.4. The van der Waals surface area contributed by atoms with Crippen molar-refractivity contribution in [1.82, 2.24) is 19.5 Å². The molecule has 4 atom stereocenters. The summed E-state index contributed by atoms with van der Waals surface area (Å²) in [5.74, 6) is 0. The van der Waals surface area contributed by atoms with Crippen LogP contribution in [-0.4, -0.2) is 67.5 Å². The Morgan fingerprint density at radius 3 is 1.95 bits per heavy atom. The first-order valence-corrected chi connectivity index (χ1v) is 14.8. The molecule has 0 aliphatic carbocycles. The summed E-state index contributed by atoms with van der Waals surface area (Å²) in [6.07, 6.45) is 2.62. The van der Waals surface area contributed by atoms with Crippen LogP contribution in [0, 0.1) is 0 Å². The van der Waals surface area contributed by atoms with E-state index in [0.717, 1.165) is 16.7 Å². The third-order valence-electron chi connectivity index (χ3n) is 8.25. The van der Waals surface area contributed by atoms with Crippen LogP contribution < -0.4 is 0 Å². The molecule has 1 saturated heterocycles. The van der Waals surface area contributed by atoms with E-state index < -0.39 is 28.9 Å². The number of fused-ring (bicyclic) bond motifs is 1. The van der Waals surface area contributed by atoms with Crippen molar-refractivity contribution in [2.24, 2.45) is 0 Å². The molecule has 2 N–H and O–H groups in total. The van der Waals surface area contributed by atoms with Crippen molar-refractivity contribution < 1.29 is 24.7 Å². The molecule has 5 aromatic rings. The van der Waals surface area contributed by atoms with Gasteiger partial charge in [-0.1, -0.05) is 91.0 Å². The zero-order valence-electron chi connectivity index (χ0n) is 23.5. The molecule has 10 heteroatoms. The Bertz CT molecular complexity index is 1550. The number of aromatic nitrogens is 4. The normalized spacial score (nSPS) is 24.3. The first kappa shape index (κ1) is 28.5. The zero-order chi connectivity index (χ0) is 29.4. The van der Waals surface area contributed by atoms with Crippen LogP contribution in [0.2, 0.25) is 0 Å². The smallest absolute Gasteiger partial charge is 0.197 e. The van der Waals surface area contributed by atoms with Crippen LogP contribution in [0.1, 0.15) is 23.6 Å². The highest BCUT2D eigenvalue weighted by molar-refractivity contribution is 7.98. The SMILES string of the molecule is COOC[C@H]1O[C@](n2cnc3c(SC)ncnc32)(C(c2ccccc2)(c2ccccc2)c2ccccc2)[C@](C)(O)[C@@H]1O. The molecule has 6 rings (SSSR count). The third kappa shape index (κ3) is 4.02. The number of hydrogen-bond acceptors (Lipinski definition) is 9. The van der Waals surface area contributed by atoms with E-state index in [1.54, 1.807) is 17.8 Å². The van der Waals surface area contributed by atoms with Crippen molar-refractivity contribution in [3.63, 3.8) is 0 Å². The summed E-state index contributed by atoms with van der Waals surface area (Å²) in [4.78, 5) is 24.0. The lowest BCUT2D eigenvalue weighted by molar-refractivity contribution is -0.296. The molecule has 0 spiro atoms. The molecule has 3 heterocycles. The average molecular weight is 585 g/mol. The first-order valence-electron chi connectivity index (χ1n) is 13.6. The topological polar surface area (TPSA) is 112 Å². The molecule has 0 radical (unpaired) electrons. The second kappa shape index (κ2) is 11.2. The lowest BCUT2D eigenvalue weighted by Crippen LogP contribution is -2.67. The lowest BCUT2D eigenvalue weighted by Gasteiger charge is -2.54. The van der Waals surface area contributed by atoms with Crippen LogP contribution in [0.25, 0.3) is 11.2 Å². The highest BCUT2D eigenvalue weighted by Gasteiger charge is 2.74. The molecular formula is C32H32N4O5S. The number of hydrogen-bond donors (Lipinski definition) is 2. The van der Waals surface area contributed by atoms with Gasteiger partial charge in [0, 0.05) is 0 Å². The number of imidazole rings is 1. The Hall–Kier alpha value is -3.64. The van der Waals surface area contributed by atoms with Crippen LogP contribution >= 0.6 is 11.8 Å². The summed E-state index contributed by atoms with van der Waals surface area (Å²) in [5, 5.41) is 25.4. The standard InChI is InChI=1S/C32H32N4O5S/c1-30(38)27(37)25(19-40-39-2)41-32(30,36-21-35-26-28(36)33-20-34-29(26)42-3)31(22-13-7-4-8-14-22,23-15-9-5-10-16-23)24-17-11-6-12-18-24/h4-18,20-21,25,27,37-38H,19H2,1-3H3/t25-,27-,30-,32+/m1/s1. The predicted molar refractivity (Wildman–Crippen MR) is 159 cm³/mol. The Labute approximate surface area is 248 Å². The van der Waals surface area contributed by atoms with Gasteiger partial charge >= 0.3 is 0 Å². The number of aliphatic hydroxyl groups excluding tert-OH is 1. The summed E-state index contributed by atoms with van der Waals surface area (Å²) in [6, 6.07) is 29.6. The molecule has 216 valence electrons. The molecule has 0 saturated carbocycles. The van der Waals surface area contributed by atoms with Gasteiger partial charge in [0.25, 0.3) is 0 Å². The fourth-order valence-corrected chi connectivity index (χ4v) is 7.01. The fraction of sp³-hybridized carbons (Fsp3) is 0.281. The molecule has 2 aromatic heterocycles. The van der Waals surface area contributed by atoms with Crippen molar-refractivity contribution in [3.8, 4) is 0 Å². The summed E-state index contributed by atoms with van der Waals surface area (Å²) >= 11 is 1.45. The van der Waals surface area contributed by atoms with E-state index in [0.29, 0.717) is 16.2 Å². The minimum absolute atomic E-state index is 0.137. The fourth-order valence-electron chi connectivity index (χ4n) is 6.52. The van der Waals surface area contributed by atoms with Gasteiger partial charge in [-0.2, -0.15) is 0 Å². The van der Waals surface area contributed by atoms with Gasteiger partial charge in [0.15, 0.2) is 11.4 Å². The lowest BCUT2D eigenvalue weighted by atomic mass is 9.58. The molecule has 0 bridgehead atoms. The van der Waals surface area contributed by atoms with E-state index in [2.05, 4.69) is 9.97 Å². The Morgan fingerprint density at radius 2 is 1.45 bits per heavy atom. The van der Waals surface area contributed by atoms with Crippen molar-refractivity contribution in [1.29, 1.82) is 0 Å². The molecule has 1 aliphatic heterocycles. The Morgan fingerprint density at radius 1 is 0.905 bits per heavy atom. The number of aliphatic hydroxyl groups is 2. The van der Waals surface area contributed by atoms with Crippen LogP contribution in [0.5, 0.6) is 0 Å². The van der Waals surface area contributed by atoms with Crippen LogP contribution in [0.15, 0.2) is 109 Å². The summed E-state index contributed by atoms with van der Waals surface area (Å²) in [7, 11) is 1.39. The van der Waals surface area contributed by atoms with Crippen molar-refractivity contribution in [2.45, 2.75) is 40.9 Å². The van der Waals surface area contributed by atoms with E-state index in [1.807, 2.05) is 97.3 Å². The van der Waals surface area contributed by atoms with Gasteiger partial charge in [0.1, 0.15) is 41.3 Å². The molecule has 1 aliphatic rings. The quantitative estimate of drug-likeness (QED) is 0.0860. The summed E-state index contributed by atoms with van der Waals surface area (Å²) in [6.45, 7) is 1.46. The zero-order valence-corrected chi connectivity index (χ0v) is 24.3. The van der Waals surface area contributed by atoms with Crippen LogP contribution in [0.3, 0.4) is 0 Å². The Balaban J connectivity index is 1.83. The summed E-state index contributed by atoms with van der Waals surface area (Å²) < 4.78 is 8.84. The van der Waals surface area contributed by atoms with Crippen molar-refractivity contribution in [3.05, 3.63) is 120 Å². The maximum Gasteiger partial charge on any atom is 0.197 e. The van der Waals surface area contributed by atoms with Gasteiger partial charge in [-0.25, -0.2) is 24.7 Å². The number of nitrogens with zero attached hydrogens (tertiary/aromatic N) is 4. The van der Waals surface area contributed by atoms with Gasteiger partial charge in [-0.05, 0) is 29.9 Å². The minimum Gasteiger partial charge on any atom is -0.387 e. The van der Waals surface area contributed by atoms with E-state index in [-0.39, 0.29) is 6.61 Å². The second-order valence-electron chi connectivity index (χ2n) is 10.4. The van der Waals surface area contributed by atoms with Crippen LogP contribution in [0.4, 0.5) is 0 Å². The molecule has 9 nitrogen and oxygen atoms in total. The molecule has 1 fully saturated rings. The van der Waals surface area contributed by atoms with Gasteiger partial charge < -0.3 is 14.9 Å². The van der Waals surface area contributed by atoms with Gasteiger partial charge in [-0.15, -0.1) is 11.8 Å². The highest BCUT2D eigenvalue weighted by atomic mass is 32.2. The second-order valence-corrected chi connectivity index (χ2v) is 11.2. The van der Waals surface area contributed by atoms with Crippen molar-refractivity contribution in [2.75, 3.05) is 20.0 Å². The molecule has 0 amide bonds. The van der Waals surface area contributed by atoms with Gasteiger partial charge in [0.2, 0.25) is 0 Å². The number of benzene rings is 3. The van der Waals surface area contributed by atoms with Crippen LogP contribution in [-0.2, 0) is 25.7 Å². The largest absolute Gasteiger partial charge is 0.387 e. The number of ether oxygens (including phenoxy) is 1. The Kier molecular flexibility index (Phi) is 7.61. The van der Waals surface area contributed by atoms with E-state index >= 15 is 0 Å². The minimum atomic E-state index is -1.95. The van der Waals surface area contributed by atoms with Crippen molar-refractivity contribution >= 4 is 22.9 Å². The predicted octanol–water partition coefficient (Wildman–Crippen LogP) is 4.32. The monoisotopic (exact) mass is 584 g/mol. The average Bonchev–Trinajstić information content (AvgIpc) is 3.55. The molecular weight excluding hydrogens is 552 g/mol. The molecule has 42 heavy (non-hydrogen) atoms. The maximum absolute atomic E-state index is 12.9. The van der Waals surface area contributed by atoms with Gasteiger partial charge in [0.05, 0.1) is 18.9 Å². The maximum atomic E-state index is 12.9. The van der Waals surface area contributed by atoms with E-state index in [9.17, 15) is 10.2 Å².